The Morgan fingerprint density at radius 2 is 2.00 bits per heavy atom. The molecule has 64 valence electrons. The fourth-order valence-corrected chi connectivity index (χ4v) is 1.29. The summed E-state index contributed by atoms with van der Waals surface area (Å²) in [5.74, 6) is 0. The Hall–Kier alpha value is -0.800. The molecule has 0 aliphatic rings. The number of nitrogens with zero attached hydrogens (tertiary/aromatic N) is 1. The summed E-state index contributed by atoms with van der Waals surface area (Å²) in [5, 5.41) is 10.6. The molecule has 1 rings (SSSR count). The van der Waals surface area contributed by atoms with E-state index < -0.39 is 4.92 Å². The predicted molar refractivity (Wildman–Crippen MR) is 47.9 cm³/mol. The molecule has 5 heteroatoms. The molecule has 0 heterocycles. The molecule has 1 aromatic carbocycles. The first-order valence-electron chi connectivity index (χ1n) is 3.12. The zero-order valence-electron chi connectivity index (χ0n) is 6.17. The maximum atomic E-state index is 10.4. The SMILES string of the molecule is Cc1cc(Cl)c(Cl)c([N+](=O)[O-])c1. The van der Waals surface area contributed by atoms with E-state index in [9.17, 15) is 10.1 Å². The Morgan fingerprint density at radius 3 is 2.50 bits per heavy atom. The third-order valence-corrected chi connectivity index (χ3v) is 2.14. The lowest BCUT2D eigenvalue weighted by Gasteiger charge is -1.98. The van der Waals surface area contributed by atoms with E-state index in [0.29, 0.717) is 0 Å². The lowest BCUT2D eigenvalue weighted by molar-refractivity contribution is -0.384. The van der Waals surface area contributed by atoms with Crippen LogP contribution in [0.4, 0.5) is 5.69 Å². The average Bonchev–Trinajstić information content (AvgIpc) is 1.96. The van der Waals surface area contributed by atoms with Crippen LogP contribution in [0.5, 0.6) is 0 Å². The van der Waals surface area contributed by atoms with Gasteiger partial charge in [-0.15, -0.1) is 0 Å². The molecule has 0 aliphatic heterocycles. The number of aryl methyl sites for hydroxylation is 1. The number of nitro groups is 1. The Kier molecular flexibility index (Phi) is 2.55. The Bertz CT molecular complexity index is 338. The molecule has 0 saturated carbocycles. The Balaban J connectivity index is 3.37. The van der Waals surface area contributed by atoms with E-state index in [1.165, 1.54) is 6.07 Å². The largest absolute Gasteiger partial charge is 0.289 e. The molecular weight excluding hydrogens is 201 g/mol. The van der Waals surface area contributed by atoms with E-state index in [2.05, 4.69) is 0 Å². The van der Waals surface area contributed by atoms with E-state index in [-0.39, 0.29) is 15.7 Å². The van der Waals surface area contributed by atoms with Gasteiger partial charge in [0.25, 0.3) is 5.69 Å². The maximum Gasteiger partial charge on any atom is 0.289 e. The monoisotopic (exact) mass is 205 g/mol. The zero-order valence-corrected chi connectivity index (χ0v) is 7.69. The molecule has 12 heavy (non-hydrogen) atoms. The topological polar surface area (TPSA) is 43.1 Å². The fourth-order valence-electron chi connectivity index (χ4n) is 0.839. The quantitative estimate of drug-likeness (QED) is 0.522. The van der Waals surface area contributed by atoms with Crippen LogP contribution in [0.15, 0.2) is 12.1 Å². The van der Waals surface area contributed by atoms with Crippen LogP contribution in [0.3, 0.4) is 0 Å². The molecule has 1 aromatic rings. The van der Waals surface area contributed by atoms with Crippen molar-refractivity contribution in [3.63, 3.8) is 0 Å². The highest BCUT2D eigenvalue weighted by Gasteiger charge is 2.15. The summed E-state index contributed by atoms with van der Waals surface area (Å²) in [6.07, 6.45) is 0. The van der Waals surface area contributed by atoms with Crippen molar-refractivity contribution in [3.8, 4) is 0 Å². The van der Waals surface area contributed by atoms with Crippen LogP contribution < -0.4 is 0 Å². The molecule has 0 atom stereocenters. The van der Waals surface area contributed by atoms with Gasteiger partial charge in [0.2, 0.25) is 0 Å². The minimum atomic E-state index is -0.554. The van der Waals surface area contributed by atoms with Gasteiger partial charge in [0.15, 0.2) is 0 Å². The van der Waals surface area contributed by atoms with Gasteiger partial charge in [0.05, 0.1) is 9.95 Å². The number of hydrogen-bond donors (Lipinski definition) is 0. The second-order valence-corrected chi connectivity index (χ2v) is 3.12. The molecule has 0 bridgehead atoms. The van der Waals surface area contributed by atoms with Crippen molar-refractivity contribution < 1.29 is 4.92 Å². The minimum absolute atomic E-state index is 0.00716. The summed E-state index contributed by atoms with van der Waals surface area (Å²) < 4.78 is 0. The summed E-state index contributed by atoms with van der Waals surface area (Å²) in [5.41, 5.74) is 0.567. The zero-order chi connectivity index (χ0) is 9.30. The normalized spacial score (nSPS) is 9.92. The molecule has 0 aliphatic carbocycles. The average molecular weight is 206 g/mol. The van der Waals surface area contributed by atoms with Gasteiger partial charge >= 0.3 is 0 Å². The molecular formula is C7H5Cl2NO2. The van der Waals surface area contributed by atoms with Gasteiger partial charge < -0.3 is 0 Å². The van der Waals surface area contributed by atoms with Crippen molar-refractivity contribution in [2.24, 2.45) is 0 Å². The fraction of sp³-hybridized carbons (Fsp3) is 0.143. The summed E-state index contributed by atoms with van der Waals surface area (Å²) in [7, 11) is 0. The van der Waals surface area contributed by atoms with Crippen LogP contribution in [0.25, 0.3) is 0 Å². The molecule has 0 saturated heterocycles. The molecule has 0 aromatic heterocycles. The second-order valence-electron chi connectivity index (χ2n) is 2.34. The molecule has 0 amide bonds. The number of halogens is 2. The van der Waals surface area contributed by atoms with Gasteiger partial charge in [-0.2, -0.15) is 0 Å². The van der Waals surface area contributed by atoms with Crippen LogP contribution >= 0.6 is 23.2 Å². The van der Waals surface area contributed by atoms with Crippen molar-refractivity contribution in [1.29, 1.82) is 0 Å². The van der Waals surface area contributed by atoms with Gasteiger partial charge in [0, 0.05) is 6.07 Å². The van der Waals surface area contributed by atoms with Crippen molar-refractivity contribution in [2.45, 2.75) is 6.92 Å². The maximum absolute atomic E-state index is 10.4. The highest BCUT2D eigenvalue weighted by atomic mass is 35.5. The molecule has 0 spiro atoms. The first-order chi connectivity index (χ1) is 5.52. The molecule has 3 nitrogen and oxygen atoms in total. The van der Waals surface area contributed by atoms with Crippen LogP contribution in [-0.4, -0.2) is 4.92 Å². The lowest BCUT2D eigenvalue weighted by Crippen LogP contribution is -1.90. The van der Waals surface area contributed by atoms with Crippen molar-refractivity contribution in [1.82, 2.24) is 0 Å². The van der Waals surface area contributed by atoms with Crippen molar-refractivity contribution in [2.75, 3.05) is 0 Å². The van der Waals surface area contributed by atoms with Crippen LogP contribution in [0.1, 0.15) is 5.56 Å². The van der Waals surface area contributed by atoms with Gasteiger partial charge in [-0.25, -0.2) is 0 Å². The third kappa shape index (κ3) is 1.68. The van der Waals surface area contributed by atoms with Crippen molar-refractivity contribution in [3.05, 3.63) is 37.9 Å². The van der Waals surface area contributed by atoms with E-state index in [1.807, 2.05) is 0 Å². The van der Waals surface area contributed by atoms with E-state index in [0.717, 1.165) is 5.56 Å². The highest BCUT2D eigenvalue weighted by Crippen LogP contribution is 2.32. The first kappa shape index (κ1) is 9.29. The summed E-state index contributed by atoms with van der Waals surface area (Å²) in [6.45, 7) is 1.72. The second kappa shape index (κ2) is 3.29. The molecule has 0 unspecified atom stereocenters. The predicted octanol–water partition coefficient (Wildman–Crippen LogP) is 3.21. The minimum Gasteiger partial charge on any atom is -0.258 e. The Morgan fingerprint density at radius 1 is 1.42 bits per heavy atom. The van der Waals surface area contributed by atoms with Gasteiger partial charge in [0.1, 0.15) is 5.02 Å². The van der Waals surface area contributed by atoms with Crippen molar-refractivity contribution >= 4 is 28.9 Å². The molecule has 0 fully saturated rings. The highest BCUT2D eigenvalue weighted by molar-refractivity contribution is 6.43. The van der Waals surface area contributed by atoms with Crippen LogP contribution in [-0.2, 0) is 0 Å². The standard InChI is InChI=1S/C7H5Cl2NO2/c1-4-2-5(8)7(9)6(3-4)10(11)12/h2-3H,1H3. The number of benzene rings is 1. The van der Waals surface area contributed by atoms with E-state index in [4.69, 9.17) is 23.2 Å². The van der Waals surface area contributed by atoms with Crippen LogP contribution in [0, 0.1) is 17.0 Å². The lowest BCUT2D eigenvalue weighted by atomic mass is 10.2. The van der Waals surface area contributed by atoms with Gasteiger partial charge in [-0.05, 0) is 18.6 Å². The third-order valence-electron chi connectivity index (χ3n) is 1.35. The first-order valence-corrected chi connectivity index (χ1v) is 3.88. The molecule has 0 N–H and O–H groups in total. The summed E-state index contributed by atoms with van der Waals surface area (Å²) in [6, 6.07) is 2.96. The number of nitro benzene ring substituents is 1. The van der Waals surface area contributed by atoms with E-state index in [1.54, 1.807) is 13.0 Å². The van der Waals surface area contributed by atoms with Gasteiger partial charge in [-0.1, -0.05) is 23.2 Å². The van der Waals surface area contributed by atoms with E-state index >= 15 is 0 Å². The van der Waals surface area contributed by atoms with Crippen LogP contribution in [0.2, 0.25) is 10.0 Å². The summed E-state index contributed by atoms with van der Waals surface area (Å²) in [4.78, 5) is 9.83. The smallest absolute Gasteiger partial charge is 0.258 e. The molecule has 0 radical (unpaired) electrons. The number of hydrogen-bond acceptors (Lipinski definition) is 2. The Labute approximate surface area is 79.1 Å². The summed E-state index contributed by atoms with van der Waals surface area (Å²) >= 11 is 11.2. The van der Waals surface area contributed by atoms with Gasteiger partial charge in [-0.3, -0.25) is 10.1 Å². The number of rotatable bonds is 1.